The molecule has 12 heteroatoms. The predicted molar refractivity (Wildman–Crippen MR) is 169 cm³/mol. The Morgan fingerprint density at radius 2 is 1.91 bits per heavy atom. The van der Waals surface area contributed by atoms with Gasteiger partial charge in [0.2, 0.25) is 0 Å². The van der Waals surface area contributed by atoms with Crippen LogP contribution in [0.2, 0.25) is 0 Å². The van der Waals surface area contributed by atoms with Gasteiger partial charge in [0.05, 0.1) is 17.6 Å². The molecule has 1 saturated heterocycles. The fraction of sp³-hybridized carbons (Fsp3) is 0.273. The molecule has 1 fully saturated rings. The number of halogens is 3. The number of nitrogens with zero attached hydrogens (tertiary/aromatic N) is 6. The first-order valence-corrected chi connectivity index (χ1v) is 14.8. The monoisotopic (exact) mass is 611 g/mol. The van der Waals surface area contributed by atoms with Gasteiger partial charge in [-0.3, -0.25) is 15.0 Å². The second-order valence-corrected chi connectivity index (χ2v) is 11.8. The Morgan fingerprint density at radius 1 is 1.02 bits per heavy atom. The number of hydrogen-bond acceptors (Lipinski definition) is 7. The van der Waals surface area contributed by atoms with Gasteiger partial charge in [0.15, 0.2) is 11.5 Å². The summed E-state index contributed by atoms with van der Waals surface area (Å²) >= 11 is 0. The van der Waals surface area contributed by atoms with E-state index in [0.29, 0.717) is 53.6 Å². The molecule has 1 aliphatic heterocycles. The average Bonchev–Trinajstić information content (AvgIpc) is 3.72. The summed E-state index contributed by atoms with van der Waals surface area (Å²) in [6, 6.07) is 14.7. The summed E-state index contributed by atoms with van der Waals surface area (Å²) in [5, 5.41) is 11.8. The molecule has 0 radical (unpaired) electrons. The van der Waals surface area contributed by atoms with Crippen LogP contribution < -0.4 is 5.32 Å². The van der Waals surface area contributed by atoms with Crippen molar-refractivity contribution in [1.29, 1.82) is 0 Å². The Morgan fingerprint density at radius 3 is 2.73 bits per heavy atom. The van der Waals surface area contributed by atoms with Crippen LogP contribution >= 0.6 is 0 Å². The normalized spacial score (nSPS) is 15.1. The van der Waals surface area contributed by atoms with Crippen LogP contribution in [-0.4, -0.2) is 86.1 Å². The van der Waals surface area contributed by atoms with Crippen molar-refractivity contribution in [3.05, 3.63) is 78.5 Å². The summed E-state index contributed by atoms with van der Waals surface area (Å²) in [4.78, 5) is 20.8. The molecular formula is C33H32F3N9. The largest absolute Gasteiger partial charge is 0.384 e. The molecule has 0 aliphatic carbocycles. The van der Waals surface area contributed by atoms with E-state index in [0.717, 1.165) is 39.7 Å². The molecule has 230 valence electrons. The summed E-state index contributed by atoms with van der Waals surface area (Å²) in [7, 11) is 3.98. The molecule has 0 bridgehead atoms. The fourth-order valence-electron chi connectivity index (χ4n) is 5.84. The van der Waals surface area contributed by atoms with Crippen molar-refractivity contribution < 1.29 is 13.2 Å². The van der Waals surface area contributed by atoms with Crippen LogP contribution in [0, 0.1) is 5.82 Å². The Bertz CT molecular complexity index is 2000. The van der Waals surface area contributed by atoms with Crippen LogP contribution in [0.15, 0.2) is 67.1 Å². The molecule has 7 rings (SSSR count). The Hall–Kier alpha value is -4.81. The summed E-state index contributed by atoms with van der Waals surface area (Å²) in [6.07, 6.45) is 5.04. The van der Waals surface area contributed by atoms with Crippen LogP contribution in [0.1, 0.15) is 12.0 Å². The fourth-order valence-corrected chi connectivity index (χ4v) is 5.84. The van der Waals surface area contributed by atoms with Crippen LogP contribution in [0.5, 0.6) is 0 Å². The quantitative estimate of drug-likeness (QED) is 0.179. The van der Waals surface area contributed by atoms with E-state index in [-0.39, 0.29) is 18.8 Å². The van der Waals surface area contributed by atoms with Gasteiger partial charge in [-0.25, -0.2) is 23.1 Å². The first-order chi connectivity index (χ1) is 21.7. The minimum atomic E-state index is -2.64. The molecule has 0 unspecified atom stereocenters. The Balaban J connectivity index is 1.20. The highest BCUT2D eigenvalue weighted by Gasteiger charge is 2.37. The number of likely N-dealkylation sites (tertiary alicyclic amines) is 1. The number of alkyl halides is 2. The van der Waals surface area contributed by atoms with Crippen molar-refractivity contribution in [1.82, 2.24) is 39.9 Å². The lowest BCUT2D eigenvalue weighted by atomic mass is 10.0. The zero-order valence-electron chi connectivity index (χ0n) is 24.9. The van der Waals surface area contributed by atoms with E-state index in [1.807, 2.05) is 50.5 Å². The molecule has 3 N–H and O–H groups in total. The van der Waals surface area contributed by atoms with E-state index >= 15 is 0 Å². The van der Waals surface area contributed by atoms with Crippen molar-refractivity contribution in [2.75, 3.05) is 45.6 Å². The number of imidazole rings is 1. The molecule has 0 atom stereocenters. The second-order valence-electron chi connectivity index (χ2n) is 11.8. The zero-order chi connectivity index (χ0) is 31.1. The topological polar surface area (TPSA) is 102 Å². The van der Waals surface area contributed by atoms with Crippen molar-refractivity contribution >= 4 is 27.8 Å². The number of hydrogen-bond donors (Lipinski definition) is 3. The van der Waals surface area contributed by atoms with Crippen LogP contribution in [-0.2, 0) is 6.54 Å². The summed E-state index contributed by atoms with van der Waals surface area (Å²) in [5.41, 5.74) is 7.43. The number of nitrogens with one attached hydrogen (secondary N) is 3. The van der Waals surface area contributed by atoms with Gasteiger partial charge in [0.25, 0.3) is 5.92 Å². The first kappa shape index (κ1) is 28.9. The van der Waals surface area contributed by atoms with Gasteiger partial charge in [-0.15, -0.1) is 0 Å². The molecular weight excluding hydrogens is 579 g/mol. The van der Waals surface area contributed by atoms with Gasteiger partial charge in [0.1, 0.15) is 11.5 Å². The molecule has 5 heterocycles. The summed E-state index contributed by atoms with van der Waals surface area (Å²) in [6.45, 7) is 2.05. The van der Waals surface area contributed by atoms with Gasteiger partial charge in [0, 0.05) is 73.4 Å². The number of aromatic amines is 2. The lowest BCUT2D eigenvalue weighted by molar-refractivity contribution is 0.0115. The molecule has 0 amide bonds. The number of fused-ring (bicyclic) bond motifs is 2. The highest BCUT2D eigenvalue weighted by atomic mass is 19.3. The van der Waals surface area contributed by atoms with Crippen molar-refractivity contribution in [2.24, 2.45) is 0 Å². The number of benzene rings is 2. The number of anilines is 1. The van der Waals surface area contributed by atoms with Crippen LogP contribution in [0.3, 0.4) is 0 Å². The average molecular weight is 612 g/mol. The van der Waals surface area contributed by atoms with Crippen LogP contribution in [0.4, 0.5) is 18.9 Å². The summed E-state index contributed by atoms with van der Waals surface area (Å²) < 4.78 is 42.1. The smallest absolute Gasteiger partial charge is 0.261 e. The van der Waals surface area contributed by atoms with E-state index in [1.54, 1.807) is 23.5 Å². The predicted octanol–water partition coefficient (Wildman–Crippen LogP) is 6.18. The maximum absolute atomic E-state index is 14.7. The number of likely N-dealkylation sites (N-methyl/N-ethyl adjacent to an activating group) is 1. The Kier molecular flexibility index (Phi) is 7.46. The molecule has 1 aliphatic rings. The summed E-state index contributed by atoms with van der Waals surface area (Å²) in [5.74, 6) is -2.45. The number of aromatic nitrogens is 6. The van der Waals surface area contributed by atoms with Gasteiger partial charge < -0.3 is 15.2 Å². The standard InChI is InChI=1S/C33H32F3N9/c1-44(2)10-8-38-25-13-22(12-24(34)15-25)26-5-7-39-31-29(26)40-32(41-31)30-27-14-21(3-4-28(27)42-43-30)23-11-20(16-37-17-23)18-45-9-6-33(35,36)19-45/h3-5,7,11-17,38H,6,8-10,18-19H2,1-2H3,(H,42,43)(H,39,40,41). The van der Waals surface area contributed by atoms with Gasteiger partial charge in [-0.1, -0.05) is 6.07 Å². The number of H-pyrrole nitrogens is 2. The molecule has 6 aromatic rings. The van der Waals surface area contributed by atoms with Crippen molar-refractivity contribution in [3.63, 3.8) is 0 Å². The molecule has 4 aromatic heterocycles. The third kappa shape index (κ3) is 6.11. The third-order valence-electron chi connectivity index (χ3n) is 8.06. The first-order valence-electron chi connectivity index (χ1n) is 14.8. The molecule has 0 saturated carbocycles. The second kappa shape index (κ2) is 11.6. The Labute approximate surface area is 257 Å². The maximum atomic E-state index is 14.7. The van der Waals surface area contributed by atoms with E-state index in [1.165, 1.54) is 12.1 Å². The van der Waals surface area contributed by atoms with Gasteiger partial charge in [-0.05, 0) is 73.3 Å². The molecule has 0 spiro atoms. The van der Waals surface area contributed by atoms with Gasteiger partial charge >= 0.3 is 0 Å². The number of pyridine rings is 2. The zero-order valence-corrected chi connectivity index (χ0v) is 24.9. The third-order valence-corrected chi connectivity index (χ3v) is 8.06. The minimum absolute atomic E-state index is 0.115. The van der Waals surface area contributed by atoms with E-state index < -0.39 is 5.92 Å². The van der Waals surface area contributed by atoms with Crippen LogP contribution in [0.25, 0.3) is 55.8 Å². The maximum Gasteiger partial charge on any atom is 0.261 e. The van der Waals surface area contributed by atoms with Crippen molar-refractivity contribution in [3.8, 4) is 33.8 Å². The molecule has 2 aromatic carbocycles. The van der Waals surface area contributed by atoms with E-state index in [2.05, 4.69) is 35.4 Å². The SMILES string of the molecule is CN(C)CCNc1cc(F)cc(-c2ccnc3nc(-c4n[nH]c5ccc(-c6cncc(CN7CCC(F)(F)C7)c6)cc45)[nH]c23)c1. The minimum Gasteiger partial charge on any atom is -0.384 e. The lowest BCUT2D eigenvalue weighted by Crippen LogP contribution is -2.24. The lowest BCUT2D eigenvalue weighted by Gasteiger charge is -2.15. The van der Waals surface area contributed by atoms with E-state index in [4.69, 9.17) is 4.98 Å². The molecule has 9 nitrogen and oxygen atoms in total. The highest BCUT2D eigenvalue weighted by molar-refractivity contribution is 5.97. The van der Waals surface area contributed by atoms with Gasteiger partial charge in [-0.2, -0.15) is 5.10 Å². The number of rotatable bonds is 9. The van der Waals surface area contributed by atoms with E-state index in [9.17, 15) is 13.2 Å². The molecule has 45 heavy (non-hydrogen) atoms. The van der Waals surface area contributed by atoms with Crippen molar-refractivity contribution in [2.45, 2.75) is 18.9 Å². The highest BCUT2D eigenvalue weighted by Crippen LogP contribution is 2.34.